The zero-order chi connectivity index (χ0) is 9.84. The average Bonchev–Trinajstić information content (AvgIpc) is 2.47. The summed E-state index contributed by atoms with van der Waals surface area (Å²) in [6.45, 7) is 3.37. The number of amides is 2. The first-order valence-electron chi connectivity index (χ1n) is 3.50. The normalized spacial score (nSPS) is 11.4. The molecule has 0 unspecified atom stereocenters. The summed E-state index contributed by atoms with van der Waals surface area (Å²) in [6.07, 6.45) is 0. The number of urea groups is 1. The molecule has 0 atom stereocenters. The number of nitrogens with zero attached hydrogens (tertiary/aromatic N) is 3. The first-order valence-corrected chi connectivity index (χ1v) is 3.50. The minimum Gasteiger partial charge on any atom is -0.350 e. The number of nitrogens with one attached hydrogen (secondary N) is 1. The molecule has 70 valence electrons. The zero-order valence-corrected chi connectivity index (χ0v) is 7.24. The monoisotopic (exact) mass is 183 g/mol. The molecule has 1 heterocycles. The van der Waals surface area contributed by atoms with E-state index in [0.29, 0.717) is 17.1 Å². The van der Waals surface area contributed by atoms with Gasteiger partial charge in [-0.05, 0) is 19.0 Å². The Labute approximate surface area is 73.9 Å². The fourth-order valence-electron chi connectivity index (χ4n) is 0.752. The molecule has 0 saturated heterocycles. The number of hydrogen-bond acceptors (Lipinski definition) is 5. The fraction of sp³-hybridized carbons (Fsp3) is 0.333. The number of primary amides is 1. The van der Waals surface area contributed by atoms with E-state index in [0.717, 1.165) is 0 Å². The number of carbonyl (C=O) groups excluding carboxylic acids is 1. The van der Waals surface area contributed by atoms with Gasteiger partial charge in [-0.3, -0.25) is 0 Å². The lowest BCUT2D eigenvalue weighted by Gasteiger charge is -1.95. The van der Waals surface area contributed by atoms with Crippen LogP contribution >= 0.6 is 0 Å². The second-order valence-electron chi connectivity index (χ2n) is 2.37. The lowest BCUT2D eigenvalue weighted by atomic mass is 10.2. The van der Waals surface area contributed by atoms with Crippen molar-refractivity contribution in [1.29, 1.82) is 0 Å². The Hall–Kier alpha value is -1.92. The van der Waals surface area contributed by atoms with Crippen molar-refractivity contribution in [1.82, 2.24) is 15.7 Å². The summed E-state index contributed by atoms with van der Waals surface area (Å²) in [5, 5.41) is 10.8. The van der Waals surface area contributed by atoms with Crippen molar-refractivity contribution in [3.8, 4) is 0 Å². The highest BCUT2D eigenvalue weighted by molar-refractivity contribution is 5.98. The lowest BCUT2D eigenvalue weighted by Crippen LogP contribution is -2.25. The highest BCUT2D eigenvalue weighted by Crippen LogP contribution is 2.01. The van der Waals surface area contributed by atoms with Crippen LogP contribution in [0.3, 0.4) is 0 Å². The van der Waals surface area contributed by atoms with Crippen molar-refractivity contribution in [3.05, 3.63) is 11.4 Å². The van der Waals surface area contributed by atoms with Crippen LogP contribution in [0.25, 0.3) is 0 Å². The first kappa shape index (κ1) is 9.17. The van der Waals surface area contributed by atoms with Crippen LogP contribution < -0.4 is 11.2 Å². The van der Waals surface area contributed by atoms with E-state index in [-0.39, 0.29) is 0 Å². The van der Waals surface area contributed by atoms with E-state index in [1.807, 2.05) is 0 Å². The van der Waals surface area contributed by atoms with E-state index in [9.17, 15) is 4.79 Å². The lowest BCUT2D eigenvalue weighted by molar-refractivity contribution is 0.249. The molecule has 0 fully saturated rings. The van der Waals surface area contributed by atoms with Gasteiger partial charge in [0.15, 0.2) is 5.69 Å². The molecule has 0 aromatic carbocycles. The van der Waals surface area contributed by atoms with Crippen molar-refractivity contribution in [2.24, 2.45) is 10.8 Å². The Balaban J connectivity index is 2.78. The fourth-order valence-corrected chi connectivity index (χ4v) is 0.752. The Bertz CT molecular complexity index is 343. The van der Waals surface area contributed by atoms with Crippen LogP contribution in [-0.4, -0.2) is 22.1 Å². The van der Waals surface area contributed by atoms with Gasteiger partial charge < -0.3 is 5.73 Å². The first-order chi connectivity index (χ1) is 6.11. The van der Waals surface area contributed by atoms with Crippen LogP contribution in [0.15, 0.2) is 9.73 Å². The van der Waals surface area contributed by atoms with E-state index >= 15 is 0 Å². The summed E-state index contributed by atoms with van der Waals surface area (Å²) in [5.74, 6) is 0. The van der Waals surface area contributed by atoms with Gasteiger partial charge in [0.05, 0.1) is 5.71 Å². The number of rotatable bonds is 2. The van der Waals surface area contributed by atoms with Crippen molar-refractivity contribution in [2.45, 2.75) is 13.8 Å². The van der Waals surface area contributed by atoms with Gasteiger partial charge >= 0.3 is 6.03 Å². The van der Waals surface area contributed by atoms with E-state index in [1.54, 1.807) is 13.8 Å². The second-order valence-corrected chi connectivity index (χ2v) is 2.37. The molecule has 7 nitrogen and oxygen atoms in total. The van der Waals surface area contributed by atoms with Crippen LogP contribution in [0.2, 0.25) is 0 Å². The number of aryl methyl sites for hydroxylation is 1. The van der Waals surface area contributed by atoms with Crippen molar-refractivity contribution < 1.29 is 9.42 Å². The van der Waals surface area contributed by atoms with E-state index in [4.69, 9.17) is 5.73 Å². The third-order valence-electron chi connectivity index (χ3n) is 1.33. The maximum Gasteiger partial charge on any atom is 0.332 e. The Morgan fingerprint density at radius 1 is 1.62 bits per heavy atom. The number of carbonyl (C=O) groups is 1. The topological polar surface area (TPSA) is 106 Å². The van der Waals surface area contributed by atoms with Gasteiger partial charge in [-0.1, -0.05) is 5.16 Å². The van der Waals surface area contributed by atoms with Crippen molar-refractivity contribution in [3.63, 3.8) is 0 Å². The molecular formula is C6H9N5O2. The molecule has 1 aromatic heterocycles. The summed E-state index contributed by atoms with van der Waals surface area (Å²) >= 11 is 0. The van der Waals surface area contributed by atoms with Crippen molar-refractivity contribution >= 4 is 11.7 Å². The largest absolute Gasteiger partial charge is 0.350 e. The summed E-state index contributed by atoms with van der Waals surface area (Å²) in [5.41, 5.74) is 8.48. The van der Waals surface area contributed by atoms with E-state index < -0.39 is 6.03 Å². The highest BCUT2D eigenvalue weighted by Gasteiger charge is 2.08. The number of aromatic nitrogens is 2. The maximum absolute atomic E-state index is 10.3. The van der Waals surface area contributed by atoms with Crippen LogP contribution in [-0.2, 0) is 0 Å². The van der Waals surface area contributed by atoms with Crippen LogP contribution in [0.1, 0.15) is 18.3 Å². The molecule has 0 saturated carbocycles. The van der Waals surface area contributed by atoms with Crippen LogP contribution in [0, 0.1) is 6.92 Å². The third kappa shape index (κ3) is 2.26. The molecule has 0 aliphatic heterocycles. The number of hydrazone groups is 1. The van der Waals surface area contributed by atoms with Gasteiger partial charge in [-0.2, -0.15) is 5.10 Å². The zero-order valence-electron chi connectivity index (χ0n) is 7.24. The molecule has 2 amide bonds. The summed E-state index contributed by atoms with van der Waals surface area (Å²) in [7, 11) is 0. The van der Waals surface area contributed by atoms with Crippen LogP contribution in [0.4, 0.5) is 4.79 Å². The van der Waals surface area contributed by atoms with Gasteiger partial charge in [0.25, 0.3) is 0 Å². The van der Waals surface area contributed by atoms with Gasteiger partial charge in [0, 0.05) is 0 Å². The molecule has 0 aliphatic carbocycles. The quantitative estimate of drug-likeness (QED) is 0.487. The van der Waals surface area contributed by atoms with Crippen LogP contribution in [0.5, 0.6) is 0 Å². The van der Waals surface area contributed by atoms with Gasteiger partial charge in [-0.25, -0.2) is 14.8 Å². The Kier molecular flexibility index (Phi) is 2.58. The molecule has 3 N–H and O–H groups in total. The minimum absolute atomic E-state index is 0.484. The standard InChI is InChI=1S/C6H9N5O2/c1-3(8-9-6(7)12)5-4(2)10-13-11-5/h1-2H3,(H3,7,9,12)/b8-3-. The van der Waals surface area contributed by atoms with Crippen molar-refractivity contribution in [2.75, 3.05) is 0 Å². The summed E-state index contributed by atoms with van der Waals surface area (Å²) < 4.78 is 4.45. The highest BCUT2D eigenvalue weighted by atomic mass is 16.6. The maximum atomic E-state index is 10.3. The average molecular weight is 183 g/mol. The molecule has 0 spiro atoms. The molecule has 1 aromatic rings. The molecular weight excluding hydrogens is 174 g/mol. The number of hydrogen-bond donors (Lipinski definition) is 2. The molecule has 7 heteroatoms. The smallest absolute Gasteiger partial charge is 0.332 e. The predicted octanol–water partition coefficient (Wildman–Crippen LogP) is -0.230. The molecule has 13 heavy (non-hydrogen) atoms. The molecule has 1 rings (SSSR count). The van der Waals surface area contributed by atoms with Gasteiger partial charge in [0.1, 0.15) is 5.69 Å². The minimum atomic E-state index is -0.728. The predicted molar refractivity (Wildman–Crippen MR) is 44.0 cm³/mol. The second kappa shape index (κ2) is 3.65. The summed E-state index contributed by atoms with van der Waals surface area (Å²) in [6, 6.07) is -0.728. The Morgan fingerprint density at radius 3 is 2.77 bits per heavy atom. The van der Waals surface area contributed by atoms with E-state index in [1.165, 1.54) is 0 Å². The Morgan fingerprint density at radius 2 is 2.31 bits per heavy atom. The van der Waals surface area contributed by atoms with Gasteiger partial charge in [0.2, 0.25) is 0 Å². The molecule has 0 radical (unpaired) electrons. The summed E-state index contributed by atoms with van der Waals surface area (Å²) in [4.78, 5) is 10.3. The van der Waals surface area contributed by atoms with E-state index in [2.05, 4.69) is 25.5 Å². The third-order valence-corrected chi connectivity index (χ3v) is 1.33. The molecule has 0 bridgehead atoms. The molecule has 0 aliphatic rings. The number of nitrogens with two attached hydrogens (primary N) is 1. The SMILES string of the molecule is C/C(=N/NC(N)=O)c1nonc1C. The van der Waals surface area contributed by atoms with Gasteiger partial charge in [-0.15, -0.1) is 0 Å².